The zero-order valence-corrected chi connectivity index (χ0v) is 20.7. The Morgan fingerprint density at radius 1 is 1.09 bits per heavy atom. The second-order valence-electron chi connectivity index (χ2n) is 6.78. The lowest BCUT2D eigenvalue weighted by atomic mass is 10.1. The fourth-order valence-electron chi connectivity index (χ4n) is 2.88. The van der Waals surface area contributed by atoms with Gasteiger partial charge in [-0.05, 0) is 92.9 Å². The molecule has 0 saturated heterocycles. The molecule has 0 aromatic heterocycles. The number of benzene rings is 3. The Morgan fingerprint density at radius 3 is 2.36 bits per heavy atom. The van der Waals surface area contributed by atoms with E-state index in [1.165, 1.54) is 12.1 Å². The zero-order valence-electron chi connectivity index (χ0n) is 17.6. The van der Waals surface area contributed by atoms with E-state index >= 15 is 0 Å². The monoisotopic (exact) mass is 572 g/mol. The average molecular weight is 574 g/mol. The molecule has 33 heavy (non-hydrogen) atoms. The molecule has 0 aliphatic heterocycles. The normalized spacial score (nSPS) is 10.9. The van der Waals surface area contributed by atoms with Crippen LogP contribution in [-0.2, 0) is 11.4 Å². The SMILES string of the molecule is CCOc1ccc(NC(=O)/C(C#N)=C\c2cc(Br)c(OCc3ccccc3F)c(Br)c2)cc1. The standard InChI is InChI=1S/C25H19Br2FN2O3/c1-2-32-20-9-7-19(8-10-20)30-25(31)18(14-29)11-16-12-21(26)24(22(27)13-16)33-15-17-5-3-4-6-23(17)28/h3-13H,2,15H2,1H3,(H,30,31)/b18-11-. The van der Waals surface area contributed by atoms with E-state index in [0.29, 0.717) is 43.9 Å². The van der Waals surface area contributed by atoms with E-state index in [-0.39, 0.29) is 18.0 Å². The molecule has 0 unspecified atom stereocenters. The van der Waals surface area contributed by atoms with Gasteiger partial charge in [-0.3, -0.25) is 4.79 Å². The molecule has 3 rings (SSSR count). The molecule has 0 aliphatic rings. The molecule has 5 nitrogen and oxygen atoms in total. The van der Waals surface area contributed by atoms with Gasteiger partial charge in [-0.25, -0.2) is 4.39 Å². The van der Waals surface area contributed by atoms with Gasteiger partial charge in [0.25, 0.3) is 5.91 Å². The van der Waals surface area contributed by atoms with Crippen molar-refractivity contribution in [3.63, 3.8) is 0 Å². The number of amides is 1. The minimum Gasteiger partial charge on any atom is -0.494 e. The fraction of sp³-hybridized carbons (Fsp3) is 0.120. The first kappa shape index (κ1) is 24.5. The van der Waals surface area contributed by atoms with Crippen LogP contribution >= 0.6 is 31.9 Å². The number of hydrogen-bond donors (Lipinski definition) is 1. The predicted molar refractivity (Wildman–Crippen MR) is 132 cm³/mol. The third-order valence-electron chi connectivity index (χ3n) is 4.45. The van der Waals surface area contributed by atoms with Crippen molar-refractivity contribution < 1.29 is 18.7 Å². The highest BCUT2D eigenvalue weighted by molar-refractivity contribution is 9.11. The molecule has 0 spiro atoms. The van der Waals surface area contributed by atoms with Gasteiger partial charge in [0.05, 0.1) is 15.6 Å². The Labute approximate surface area is 208 Å². The third-order valence-corrected chi connectivity index (χ3v) is 5.63. The molecule has 0 fully saturated rings. The van der Waals surface area contributed by atoms with Crippen molar-refractivity contribution in [1.82, 2.24) is 0 Å². The molecule has 0 aliphatic carbocycles. The molecule has 8 heteroatoms. The van der Waals surface area contributed by atoms with Crippen LogP contribution in [0.25, 0.3) is 6.08 Å². The van der Waals surface area contributed by atoms with Gasteiger partial charge in [0.2, 0.25) is 0 Å². The van der Waals surface area contributed by atoms with E-state index in [0.717, 1.165) is 0 Å². The van der Waals surface area contributed by atoms with Crippen molar-refractivity contribution in [2.45, 2.75) is 13.5 Å². The van der Waals surface area contributed by atoms with Crippen molar-refractivity contribution in [3.05, 3.63) is 92.1 Å². The largest absolute Gasteiger partial charge is 0.494 e. The lowest BCUT2D eigenvalue weighted by Gasteiger charge is -2.12. The smallest absolute Gasteiger partial charge is 0.266 e. The second kappa shape index (κ2) is 11.6. The Balaban J connectivity index is 1.74. The maximum Gasteiger partial charge on any atom is 0.266 e. The van der Waals surface area contributed by atoms with Crippen LogP contribution in [0, 0.1) is 17.1 Å². The summed E-state index contributed by atoms with van der Waals surface area (Å²) < 4.78 is 26.2. The highest BCUT2D eigenvalue weighted by Crippen LogP contribution is 2.36. The number of rotatable bonds is 8. The van der Waals surface area contributed by atoms with Crippen LogP contribution in [0.4, 0.5) is 10.1 Å². The van der Waals surface area contributed by atoms with E-state index in [9.17, 15) is 14.4 Å². The summed E-state index contributed by atoms with van der Waals surface area (Å²) in [7, 11) is 0. The Hall–Kier alpha value is -3.15. The topological polar surface area (TPSA) is 71.3 Å². The Morgan fingerprint density at radius 2 is 1.76 bits per heavy atom. The highest BCUT2D eigenvalue weighted by atomic mass is 79.9. The molecule has 168 valence electrons. The van der Waals surface area contributed by atoms with Crippen LogP contribution in [-0.4, -0.2) is 12.5 Å². The van der Waals surface area contributed by atoms with E-state index in [2.05, 4.69) is 37.2 Å². The Bertz CT molecular complexity index is 1200. The van der Waals surface area contributed by atoms with E-state index in [1.807, 2.05) is 13.0 Å². The van der Waals surface area contributed by atoms with Gasteiger partial charge in [-0.2, -0.15) is 5.26 Å². The number of nitrogens with one attached hydrogen (secondary N) is 1. The molecular formula is C25H19Br2FN2O3. The molecular weight excluding hydrogens is 555 g/mol. The van der Waals surface area contributed by atoms with Crippen LogP contribution in [0.15, 0.2) is 75.2 Å². The van der Waals surface area contributed by atoms with Gasteiger partial charge in [0.15, 0.2) is 0 Å². The zero-order chi connectivity index (χ0) is 23.8. The molecule has 0 saturated carbocycles. The average Bonchev–Trinajstić information content (AvgIpc) is 2.79. The van der Waals surface area contributed by atoms with E-state index in [4.69, 9.17) is 9.47 Å². The van der Waals surface area contributed by atoms with Crippen LogP contribution in [0.2, 0.25) is 0 Å². The van der Waals surface area contributed by atoms with Gasteiger partial charge in [-0.1, -0.05) is 18.2 Å². The number of nitriles is 1. The number of carbonyl (C=O) groups excluding carboxylic acids is 1. The fourth-order valence-corrected chi connectivity index (χ4v) is 4.33. The molecule has 3 aromatic carbocycles. The second-order valence-corrected chi connectivity index (χ2v) is 8.48. The van der Waals surface area contributed by atoms with Crippen LogP contribution < -0.4 is 14.8 Å². The van der Waals surface area contributed by atoms with Crippen molar-refractivity contribution in [3.8, 4) is 17.6 Å². The highest BCUT2D eigenvalue weighted by Gasteiger charge is 2.13. The number of halogens is 3. The van der Waals surface area contributed by atoms with Gasteiger partial charge in [0, 0.05) is 11.3 Å². The number of nitrogens with zero attached hydrogens (tertiary/aromatic N) is 1. The molecule has 0 radical (unpaired) electrons. The molecule has 3 aromatic rings. The van der Waals surface area contributed by atoms with Gasteiger partial charge < -0.3 is 14.8 Å². The van der Waals surface area contributed by atoms with Crippen LogP contribution in [0.5, 0.6) is 11.5 Å². The number of carbonyl (C=O) groups is 1. The van der Waals surface area contributed by atoms with Gasteiger partial charge in [-0.15, -0.1) is 0 Å². The number of hydrogen-bond acceptors (Lipinski definition) is 4. The van der Waals surface area contributed by atoms with E-state index < -0.39 is 5.91 Å². The van der Waals surface area contributed by atoms with Crippen molar-refractivity contribution in [2.75, 3.05) is 11.9 Å². The number of ether oxygens (including phenoxy) is 2. The predicted octanol–water partition coefficient (Wildman–Crippen LogP) is 6.87. The third kappa shape index (κ3) is 6.67. The van der Waals surface area contributed by atoms with E-state index in [1.54, 1.807) is 54.6 Å². The van der Waals surface area contributed by atoms with Gasteiger partial charge >= 0.3 is 0 Å². The molecule has 0 bridgehead atoms. The van der Waals surface area contributed by atoms with Crippen molar-refractivity contribution in [2.24, 2.45) is 0 Å². The summed E-state index contributed by atoms with van der Waals surface area (Å²) in [6, 6.07) is 18.6. The minimum absolute atomic E-state index is 0.0486. The number of anilines is 1. The minimum atomic E-state index is -0.534. The molecule has 1 amide bonds. The quantitative estimate of drug-likeness (QED) is 0.236. The summed E-state index contributed by atoms with van der Waals surface area (Å²) in [4.78, 5) is 12.6. The lowest BCUT2D eigenvalue weighted by molar-refractivity contribution is -0.112. The summed E-state index contributed by atoms with van der Waals surface area (Å²) in [6.45, 7) is 2.48. The van der Waals surface area contributed by atoms with Gasteiger partial charge in [0.1, 0.15) is 35.6 Å². The first-order valence-corrected chi connectivity index (χ1v) is 11.5. The maximum atomic E-state index is 13.8. The Kier molecular flexibility index (Phi) is 8.64. The summed E-state index contributed by atoms with van der Waals surface area (Å²) in [6.07, 6.45) is 1.47. The van der Waals surface area contributed by atoms with Crippen molar-refractivity contribution in [1.29, 1.82) is 5.26 Å². The first-order valence-electron chi connectivity index (χ1n) is 9.92. The van der Waals surface area contributed by atoms with Crippen LogP contribution in [0.3, 0.4) is 0 Å². The molecule has 1 N–H and O–H groups in total. The molecule has 0 heterocycles. The summed E-state index contributed by atoms with van der Waals surface area (Å²) in [5.41, 5.74) is 1.51. The molecule has 0 atom stereocenters. The first-order chi connectivity index (χ1) is 15.9. The summed E-state index contributed by atoms with van der Waals surface area (Å²) >= 11 is 6.88. The summed E-state index contributed by atoms with van der Waals surface area (Å²) in [5.74, 6) is 0.293. The maximum absolute atomic E-state index is 13.8. The lowest BCUT2D eigenvalue weighted by Crippen LogP contribution is -2.13. The van der Waals surface area contributed by atoms with Crippen molar-refractivity contribution >= 4 is 49.5 Å². The van der Waals surface area contributed by atoms with Crippen LogP contribution in [0.1, 0.15) is 18.1 Å². The summed E-state index contributed by atoms with van der Waals surface area (Å²) in [5, 5.41) is 12.2.